The van der Waals surface area contributed by atoms with Gasteiger partial charge < -0.3 is 35.1 Å². The van der Waals surface area contributed by atoms with Crippen LogP contribution in [-0.4, -0.2) is 169 Å². The van der Waals surface area contributed by atoms with Gasteiger partial charge in [0.05, 0.1) is 18.3 Å². The molecule has 7 heterocycles. The van der Waals surface area contributed by atoms with Crippen molar-refractivity contribution in [1.82, 2.24) is 47.0 Å². The number of nitrogens with zero attached hydrogens (tertiary/aromatic N) is 4. The molecule has 7 aliphatic heterocycles. The number of cyclic esters (lactones) is 1. The van der Waals surface area contributed by atoms with E-state index in [1.165, 1.54) is 20.8 Å². The van der Waals surface area contributed by atoms with Crippen LogP contribution in [0.15, 0.2) is 0 Å². The summed E-state index contributed by atoms with van der Waals surface area (Å²) < 4.78 is 18.3. The van der Waals surface area contributed by atoms with E-state index in [1.54, 1.807) is 13.8 Å². The van der Waals surface area contributed by atoms with E-state index >= 15 is 0 Å². The maximum Gasteiger partial charge on any atom is 0.331 e. The van der Waals surface area contributed by atoms with E-state index in [-0.39, 0.29) is 62.0 Å². The van der Waals surface area contributed by atoms with E-state index in [4.69, 9.17) is 14.2 Å². The van der Waals surface area contributed by atoms with Gasteiger partial charge in [0.25, 0.3) is 29.5 Å². The molecule has 0 spiro atoms. The summed E-state index contributed by atoms with van der Waals surface area (Å²) >= 11 is 0. The number of hydroxylamine groups is 2. The third kappa shape index (κ3) is 8.82. The van der Waals surface area contributed by atoms with Gasteiger partial charge in [0.2, 0.25) is 11.7 Å². The second kappa shape index (κ2) is 18.4. The first kappa shape index (κ1) is 46.5. The zero-order chi connectivity index (χ0) is 44.7. The van der Waals surface area contributed by atoms with Crippen molar-refractivity contribution < 1.29 is 63.2 Å². The van der Waals surface area contributed by atoms with Gasteiger partial charge in [-0.3, -0.25) is 49.0 Å². The Morgan fingerprint density at radius 1 is 0.787 bits per heavy atom. The van der Waals surface area contributed by atoms with Crippen LogP contribution < -0.4 is 26.9 Å². The van der Waals surface area contributed by atoms with Gasteiger partial charge in [-0.25, -0.2) is 26.1 Å². The topological polar surface area (TPSA) is 281 Å². The Bertz CT molecular complexity index is 1700. The molecule has 6 amide bonds. The summed E-state index contributed by atoms with van der Waals surface area (Å²) in [7, 11) is 0. The zero-order valence-electron chi connectivity index (χ0n) is 35.9. The molecular formula is C39H63N9O13. The molecule has 7 saturated heterocycles. The number of hydrogen-bond donors (Lipinski definition) is 8. The molecule has 22 heteroatoms. The summed E-state index contributed by atoms with van der Waals surface area (Å²) in [6.45, 7) is 11.2. The predicted molar refractivity (Wildman–Crippen MR) is 209 cm³/mol. The number of aliphatic hydroxyl groups excluding tert-OH is 1. The average Bonchev–Trinajstić information content (AvgIpc) is 3.24. The number of hydrogen-bond acceptors (Lipinski definition) is 16. The maximum atomic E-state index is 15.0. The molecule has 22 nitrogen and oxygen atoms in total. The summed E-state index contributed by atoms with van der Waals surface area (Å²) in [5.41, 5.74) is 6.24. The molecule has 0 aromatic rings. The van der Waals surface area contributed by atoms with Crippen molar-refractivity contribution in [2.75, 3.05) is 19.6 Å². The third-order valence-corrected chi connectivity index (χ3v) is 13.1. The highest BCUT2D eigenvalue weighted by Gasteiger charge is 2.63. The van der Waals surface area contributed by atoms with Gasteiger partial charge in [-0.1, -0.05) is 13.8 Å². The fourth-order valence-corrected chi connectivity index (χ4v) is 9.34. The van der Waals surface area contributed by atoms with Crippen LogP contribution in [-0.2, 0) is 47.8 Å². The van der Waals surface area contributed by atoms with Crippen molar-refractivity contribution >= 4 is 41.4 Å². The van der Waals surface area contributed by atoms with Crippen LogP contribution in [0.3, 0.4) is 0 Å². The van der Waals surface area contributed by atoms with E-state index in [2.05, 4.69) is 26.9 Å². The number of ether oxygens (including phenoxy) is 3. The molecule has 342 valence electrons. The molecule has 7 fully saturated rings. The molecule has 0 unspecified atom stereocenters. The third-order valence-electron chi connectivity index (χ3n) is 13.1. The number of esters is 1. The Hall–Kier alpha value is -4.03. The number of rotatable bonds is 5. The Labute approximate surface area is 354 Å². The molecule has 7 rings (SSSR count). The summed E-state index contributed by atoms with van der Waals surface area (Å²) in [6.07, 6.45) is -1.66. The number of fused-ring (bicyclic) bond motifs is 6. The number of carbonyl (C=O) groups is 7. The lowest BCUT2D eigenvalue weighted by Crippen LogP contribution is -2.73. The fourth-order valence-electron chi connectivity index (χ4n) is 9.34. The molecule has 0 aliphatic carbocycles. The highest BCUT2D eigenvalue weighted by Crippen LogP contribution is 2.48. The van der Waals surface area contributed by atoms with Gasteiger partial charge in [-0.2, -0.15) is 0 Å². The van der Waals surface area contributed by atoms with Gasteiger partial charge in [0, 0.05) is 32.0 Å². The van der Waals surface area contributed by atoms with Gasteiger partial charge in [0.1, 0.15) is 36.3 Å². The minimum atomic E-state index is -2.44. The quantitative estimate of drug-likeness (QED) is 0.107. The first-order valence-electron chi connectivity index (χ1n) is 21.5. The number of aliphatic hydroxyl groups is 2. The van der Waals surface area contributed by atoms with E-state index in [1.807, 2.05) is 13.8 Å². The largest absolute Gasteiger partial charge is 0.458 e. The standard InChI is InChI=1S/C39H63N9O13/c1-19(2)30-29(44-37(56)38(7,57)39-15-14-24(22(5)60-39)23(6)61-39)35(54)47-27(13-10-18-42-47)34(53)48(58)20(3)32(51)46-26(12-9-17-41-46)33(52)45-25(11-8-16-40-45)31(50)43-28(21(4)49)36(55)59-30/h19-30,40-42,49,57-58H,8-18H2,1-7H3,(H,43,50)(H,44,56)/t20-,21+,22+,23+,24?,25-,26+,27+,28-,29-,30-,38+,39?/m0/s1. The highest BCUT2D eigenvalue weighted by atomic mass is 16.7. The summed E-state index contributed by atoms with van der Waals surface area (Å²) in [6, 6.07) is -9.05. The van der Waals surface area contributed by atoms with Crippen molar-refractivity contribution in [3.8, 4) is 0 Å². The number of nitrogens with one attached hydrogen (secondary N) is 5. The molecule has 8 N–H and O–H groups in total. The molecule has 0 aromatic heterocycles. The zero-order valence-corrected chi connectivity index (χ0v) is 35.9. The summed E-state index contributed by atoms with van der Waals surface area (Å²) in [5, 5.41) is 42.7. The summed E-state index contributed by atoms with van der Waals surface area (Å²) in [5.74, 6) is -9.35. The van der Waals surface area contributed by atoms with E-state index in [0.29, 0.717) is 32.2 Å². The minimum absolute atomic E-state index is 0.0109. The van der Waals surface area contributed by atoms with Crippen LogP contribution in [0.1, 0.15) is 99.8 Å². The van der Waals surface area contributed by atoms with E-state index in [0.717, 1.165) is 15.0 Å². The average molecular weight is 866 g/mol. The Morgan fingerprint density at radius 2 is 1.30 bits per heavy atom. The van der Waals surface area contributed by atoms with Crippen LogP contribution in [0.5, 0.6) is 0 Å². The lowest BCUT2D eigenvalue weighted by molar-refractivity contribution is -0.403. The first-order chi connectivity index (χ1) is 28.7. The Balaban J connectivity index is 1.42. The van der Waals surface area contributed by atoms with Crippen molar-refractivity contribution in [3.63, 3.8) is 0 Å². The van der Waals surface area contributed by atoms with Gasteiger partial charge in [-0.05, 0) is 85.5 Å². The van der Waals surface area contributed by atoms with Crippen LogP contribution in [0.25, 0.3) is 0 Å². The smallest absolute Gasteiger partial charge is 0.331 e. The summed E-state index contributed by atoms with van der Waals surface area (Å²) in [4.78, 5) is 100. The number of amides is 6. The first-order valence-corrected chi connectivity index (χ1v) is 21.5. The van der Waals surface area contributed by atoms with Crippen LogP contribution >= 0.6 is 0 Å². The lowest BCUT2D eigenvalue weighted by atomic mass is 9.77. The highest BCUT2D eigenvalue weighted by molar-refractivity contribution is 5.97. The van der Waals surface area contributed by atoms with Crippen molar-refractivity contribution in [2.45, 2.75) is 172 Å². The Kier molecular flexibility index (Phi) is 14.0. The van der Waals surface area contributed by atoms with Gasteiger partial charge in [0.15, 0.2) is 11.6 Å². The Morgan fingerprint density at radius 3 is 1.82 bits per heavy atom. The molecule has 0 aromatic carbocycles. The second-order valence-electron chi connectivity index (χ2n) is 17.7. The molecule has 2 bridgehead atoms. The minimum Gasteiger partial charge on any atom is -0.458 e. The lowest BCUT2D eigenvalue weighted by Gasteiger charge is -2.57. The van der Waals surface area contributed by atoms with E-state index in [9.17, 15) is 49.0 Å². The molecule has 0 saturated carbocycles. The van der Waals surface area contributed by atoms with E-state index < -0.39 is 107 Å². The monoisotopic (exact) mass is 865 g/mol. The van der Waals surface area contributed by atoms with Crippen molar-refractivity contribution in [1.29, 1.82) is 0 Å². The predicted octanol–water partition coefficient (Wildman–Crippen LogP) is -2.31. The molecule has 11 atom stereocenters. The number of hydrazine groups is 3. The SMILES string of the molecule is CC(C)[C@@H]1OC(=O)[C@H]([C@@H](C)O)NC(=O)[C@@H]2CCCNN2C(=O)[C@H]2CCCNN2C(=O)[C@H](C)N(O)C(=O)[C@H]2CCCNN2C(=O)[C@H]1NC(=O)[C@@](C)(O)C12CCC([C@@H](C)O1)[C@@H](C)O2. The molecule has 0 radical (unpaired) electrons. The number of carbonyl (C=O) groups excluding carboxylic acids is 7. The van der Waals surface area contributed by atoms with Crippen LogP contribution in [0.4, 0.5) is 0 Å². The maximum absolute atomic E-state index is 15.0. The fraction of sp³-hybridized carbons (Fsp3) is 0.821. The molecule has 61 heavy (non-hydrogen) atoms. The second-order valence-corrected chi connectivity index (χ2v) is 17.7. The van der Waals surface area contributed by atoms with Crippen LogP contribution in [0.2, 0.25) is 0 Å². The van der Waals surface area contributed by atoms with Crippen molar-refractivity contribution in [2.24, 2.45) is 11.8 Å². The molecular weight excluding hydrogens is 802 g/mol. The van der Waals surface area contributed by atoms with Crippen LogP contribution in [0, 0.1) is 11.8 Å². The van der Waals surface area contributed by atoms with Gasteiger partial charge >= 0.3 is 5.97 Å². The normalized spacial score (nSPS) is 37.6. The molecule has 7 aliphatic rings. The van der Waals surface area contributed by atoms with Crippen molar-refractivity contribution in [3.05, 3.63) is 0 Å². The van der Waals surface area contributed by atoms with Gasteiger partial charge in [-0.15, -0.1) is 0 Å².